The fraction of sp³-hybridized carbons (Fsp3) is 0.550. The van der Waals surface area contributed by atoms with Crippen molar-refractivity contribution in [3.05, 3.63) is 34.9 Å². The van der Waals surface area contributed by atoms with Gasteiger partial charge in [-0.3, -0.25) is 0 Å². The molecular formula is C20H25ClN2O. The molecule has 0 amide bonds. The summed E-state index contributed by atoms with van der Waals surface area (Å²) in [5.74, 6) is 2.00. The van der Waals surface area contributed by atoms with Crippen molar-refractivity contribution in [1.82, 2.24) is 4.98 Å². The molecule has 2 heterocycles. The Kier molecular flexibility index (Phi) is 3.97. The van der Waals surface area contributed by atoms with Gasteiger partial charge in [0.15, 0.2) is 0 Å². The second kappa shape index (κ2) is 5.89. The molecule has 1 saturated heterocycles. The van der Waals surface area contributed by atoms with E-state index in [0.29, 0.717) is 11.8 Å². The molecule has 0 spiro atoms. The highest BCUT2D eigenvalue weighted by molar-refractivity contribution is 6.31. The van der Waals surface area contributed by atoms with Gasteiger partial charge in [-0.15, -0.1) is 0 Å². The van der Waals surface area contributed by atoms with E-state index in [1.54, 1.807) is 0 Å². The summed E-state index contributed by atoms with van der Waals surface area (Å²) in [4.78, 5) is 7.25. The predicted octanol–water partition coefficient (Wildman–Crippen LogP) is 4.57. The first-order chi connectivity index (χ1) is 11.5. The molecule has 3 atom stereocenters. The zero-order valence-electron chi connectivity index (χ0n) is 14.4. The largest absolute Gasteiger partial charge is 0.390 e. The van der Waals surface area contributed by atoms with E-state index >= 15 is 0 Å². The van der Waals surface area contributed by atoms with Crippen molar-refractivity contribution >= 4 is 28.3 Å². The first kappa shape index (κ1) is 16.2. The zero-order valence-corrected chi connectivity index (χ0v) is 15.2. The average molecular weight is 345 g/mol. The number of pyridine rings is 1. The van der Waals surface area contributed by atoms with Crippen molar-refractivity contribution in [1.29, 1.82) is 0 Å². The van der Waals surface area contributed by atoms with Crippen LogP contribution >= 0.6 is 11.6 Å². The van der Waals surface area contributed by atoms with Gasteiger partial charge in [0, 0.05) is 29.4 Å². The quantitative estimate of drug-likeness (QED) is 0.866. The molecule has 2 fully saturated rings. The predicted molar refractivity (Wildman–Crippen MR) is 99.8 cm³/mol. The van der Waals surface area contributed by atoms with Crippen molar-refractivity contribution in [2.45, 2.75) is 45.1 Å². The first-order valence-corrected chi connectivity index (χ1v) is 9.42. The Labute approximate surface area is 148 Å². The molecule has 1 saturated carbocycles. The fourth-order valence-electron chi connectivity index (χ4n) is 4.76. The number of rotatable bonds is 2. The van der Waals surface area contributed by atoms with Crippen LogP contribution in [0.15, 0.2) is 24.3 Å². The minimum atomic E-state index is -0.489. The number of hydrogen-bond donors (Lipinski definition) is 1. The van der Waals surface area contributed by atoms with Gasteiger partial charge < -0.3 is 10.0 Å². The van der Waals surface area contributed by atoms with Crippen LogP contribution in [0, 0.1) is 18.8 Å². The lowest BCUT2D eigenvalue weighted by Gasteiger charge is -2.40. The number of aliphatic hydroxyl groups is 1. The second-order valence-corrected chi connectivity index (χ2v) is 8.02. The Hall–Kier alpha value is -1.32. The molecule has 0 bridgehead atoms. The van der Waals surface area contributed by atoms with Crippen LogP contribution in [-0.2, 0) is 0 Å². The van der Waals surface area contributed by atoms with Gasteiger partial charge in [-0.05, 0) is 61.9 Å². The Morgan fingerprint density at radius 2 is 2.17 bits per heavy atom. The highest BCUT2D eigenvalue weighted by Gasteiger charge is 2.48. The average Bonchev–Trinajstić information content (AvgIpc) is 3.01. The van der Waals surface area contributed by atoms with Gasteiger partial charge in [-0.2, -0.15) is 0 Å². The normalized spacial score (nSPS) is 29.9. The SMILES string of the molecule is CC[C@@]1(O)CCC[C@@H]2CN(c3cc(C)c4cc(Cl)ccc4n3)C[C@@H]21. The van der Waals surface area contributed by atoms with Gasteiger partial charge in [0.1, 0.15) is 5.82 Å². The number of nitrogens with zero attached hydrogens (tertiary/aromatic N) is 2. The lowest BCUT2D eigenvalue weighted by atomic mass is 9.69. The molecule has 4 heteroatoms. The molecule has 2 aromatic rings. The molecule has 1 aromatic heterocycles. The van der Waals surface area contributed by atoms with Gasteiger partial charge in [0.05, 0.1) is 11.1 Å². The summed E-state index contributed by atoms with van der Waals surface area (Å²) in [6, 6.07) is 8.06. The molecule has 24 heavy (non-hydrogen) atoms. The van der Waals surface area contributed by atoms with E-state index in [1.165, 1.54) is 12.0 Å². The number of hydrogen-bond acceptors (Lipinski definition) is 3. The van der Waals surface area contributed by atoms with E-state index in [1.807, 2.05) is 18.2 Å². The summed E-state index contributed by atoms with van der Waals surface area (Å²) in [5, 5.41) is 12.9. The number of halogens is 1. The third kappa shape index (κ3) is 2.58. The van der Waals surface area contributed by atoms with Crippen LogP contribution < -0.4 is 4.90 Å². The first-order valence-electron chi connectivity index (χ1n) is 9.04. The minimum absolute atomic E-state index is 0.374. The molecule has 128 valence electrons. The van der Waals surface area contributed by atoms with Crippen LogP contribution in [0.4, 0.5) is 5.82 Å². The summed E-state index contributed by atoms with van der Waals surface area (Å²) < 4.78 is 0. The molecule has 1 aliphatic carbocycles. The highest BCUT2D eigenvalue weighted by atomic mass is 35.5. The zero-order chi connectivity index (χ0) is 16.9. The standard InChI is InChI=1S/C20H25ClN2O/c1-3-20(24)8-4-5-14-11-23(12-17(14)20)19-9-13(2)16-10-15(21)6-7-18(16)22-19/h6-7,9-10,14,17,24H,3-5,8,11-12H2,1-2H3/t14-,17+,20-/m1/s1. The Bertz CT molecular complexity index is 778. The van der Waals surface area contributed by atoms with E-state index in [-0.39, 0.29) is 0 Å². The van der Waals surface area contributed by atoms with Crippen LogP contribution in [0.2, 0.25) is 5.02 Å². The number of benzene rings is 1. The summed E-state index contributed by atoms with van der Waals surface area (Å²) in [6.45, 7) is 6.17. The van der Waals surface area contributed by atoms with Gasteiger partial charge in [-0.1, -0.05) is 24.9 Å². The smallest absolute Gasteiger partial charge is 0.129 e. The van der Waals surface area contributed by atoms with Crippen LogP contribution in [0.3, 0.4) is 0 Å². The minimum Gasteiger partial charge on any atom is -0.390 e. The van der Waals surface area contributed by atoms with Crippen molar-refractivity contribution in [3.63, 3.8) is 0 Å². The molecule has 3 nitrogen and oxygen atoms in total. The van der Waals surface area contributed by atoms with Gasteiger partial charge in [-0.25, -0.2) is 4.98 Å². The Morgan fingerprint density at radius 3 is 2.96 bits per heavy atom. The highest BCUT2D eigenvalue weighted by Crippen LogP contribution is 2.45. The molecule has 0 unspecified atom stereocenters. The molecule has 1 aliphatic heterocycles. The number of aryl methyl sites for hydroxylation is 1. The molecular weight excluding hydrogens is 320 g/mol. The van der Waals surface area contributed by atoms with Crippen molar-refractivity contribution in [3.8, 4) is 0 Å². The van der Waals surface area contributed by atoms with Crippen LogP contribution in [0.5, 0.6) is 0 Å². The van der Waals surface area contributed by atoms with Gasteiger partial charge in [0.25, 0.3) is 0 Å². The van der Waals surface area contributed by atoms with E-state index in [2.05, 4.69) is 24.8 Å². The van der Waals surface area contributed by atoms with E-state index in [9.17, 15) is 5.11 Å². The molecule has 1 aromatic carbocycles. The van der Waals surface area contributed by atoms with Crippen LogP contribution in [0.1, 0.15) is 38.2 Å². The summed E-state index contributed by atoms with van der Waals surface area (Å²) >= 11 is 6.12. The maximum atomic E-state index is 11.0. The van der Waals surface area contributed by atoms with Gasteiger partial charge >= 0.3 is 0 Å². The van der Waals surface area contributed by atoms with E-state index in [0.717, 1.165) is 54.1 Å². The van der Waals surface area contributed by atoms with Crippen molar-refractivity contribution in [2.75, 3.05) is 18.0 Å². The number of anilines is 1. The second-order valence-electron chi connectivity index (χ2n) is 7.58. The maximum absolute atomic E-state index is 11.0. The van der Waals surface area contributed by atoms with Crippen molar-refractivity contribution in [2.24, 2.45) is 11.8 Å². The number of fused-ring (bicyclic) bond motifs is 2. The third-order valence-corrected chi connectivity index (χ3v) is 6.45. The molecule has 4 rings (SSSR count). The lowest BCUT2D eigenvalue weighted by Crippen LogP contribution is -2.44. The fourth-order valence-corrected chi connectivity index (χ4v) is 4.94. The number of aromatic nitrogens is 1. The van der Waals surface area contributed by atoms with Gasteiger partial charge in [0.2, 0.25) is 0 Å². The molecule has 2 aliphatic rings. The van der Waals surface area contributed by atoms with Crippen LogP contribution in [-0.4, -0.2) is 28.8 Å². The monoisotopic (exact) mass is 344 g/mol. The summed E-state index contributed by atoms with van der Waals surface area (Å²) in [6.07, 6.45) is 4.17. The molecule has 0 radical (unpaired) electrons. The molecule has 1 N–H and O–H groups in total. The topological polar surface area (TPSA) is 36.4 Å². The van der Waals surface area contributed by atoms with Crippen molar-refractivity contribution < 1.29 is 5.11 Å². The summed E-state index contributed by atoms with van der Waals surface area (Å²) in [5.41, 5.74) is 1.71. The van der Waals surface area contributed by atoms with E-state index in [4.69, 9.17) is 16.6 Å². The van der Waals surface area contributed by atoms with Crippen LogP contribution in [0.25, 0.3) is 10.9 Å². The van der Waals surface area contributed by atoms with E-state index < -0.39 is 5.60 Å². The summed E-state index contributed by atoms with van der Waals surface area (Å²) in [7, 11) is 0. The third-order valence-electron chi connectivity index (χ3n) is 6.22. The maximum Gasteiger partial charge on any atom is 0.129 e. The Balaban J connectivity index is 1.68. The lowest BCUT2D eigenvalue weighted by molar-refractivity contribution is -0.0597. The Morgan fingerprint density at radius 1 is 1.33 bits per heavy atom.